The van der Waals surface area contributed by atoms with E-state index in [9.17, 15) is 19.7 Å². The summed E-state index contributed by atoms with van der Waals surface area (Å²) >= 11 is 0. The van der Waals surface area contributed by atoms with Crippen LogP contribution < -0.4 is 10.9 Å². The van der Waals surface area contributed by atoms with Gasteiger partial charge in [-0.2, -0.15) is 0 Å². The number of aromatic nitrogens is 2. The molecule has 1 fully saturated rings. The van der Waals surface area contributed by atoms with Crippen LogP contribution in [0.1, 0.15) is 33.1 Å². The number of amides is 1. The summed E-state index contributed by atoms with van der Waals surface area (Å²) in [7, 11) is 0. The zero-order chi connectivity index (χ0) is 19.6. The normalized spacial score (nSPS) is 15.3. The van der Waals surface area contributed by atoms with Crippen LogP contribution in [0.3, 0.4) is 0 Å². The number of fused-ring (bicyclic) bond motifs is 1. The summed E-state index contributed by atoms with van der Waals surface area (Å²) in [4.78, 5) is 43.3. The first-order valence-electron chi connectivity index (χ1n) is 9.05. The van der Waals surface area contributed by atoms with Crippen molar-refractivity contribution in [1.29, 1.82) is 0 Å². The van der Waals surface area contributed by atoms with Crippen molar-refractivity contribution in [3.05, 3.63) is 38.9 Å². The Labute approximate surface area is 155 Å². The van der Waals surface area contributed by atoms with E-state index in [1.54, 1.807) is 6.07 Å². The minimum atomic E-state index is -0.504. The lowest BCUT2D eigenvalue weighted by molar-refractivity contribution is -0.383. The van der Waals surface area contributed by atoms with E-state index in [2.05, 4.69) is 15.3 Å². The third-order valence-electron chi connectivity index (χ3n) is 4.74. The van der Waals surface area contributed by atoms with Gasteiger partial charge in [0.05, 0.1) is 22.2 Å². The minimum Gasteiger partial charge on any atom is -0.377 e. The molecule has 2 heterocycles. The number of hydrogen-bond acceptors (Lipinski definition) is 6. The Kier molecular flexibility index (Phi) is 5.38. The van der Waals surface area contributed by atoms with Crippen molar-refractivity contribution in [2.45, 2.75) is 39.2 Å². The number of anilines is 1. The molecule has 1 aromatic heterocycles. The van der Waals surface area contributed by atoms with Gasteiger partial charge in [-0.3, -0.25) is 19.7 Å². The molecule has 2 aromatic rings. The van der Waals surface area contributed by atoms with Crippen LogP contribution in [-0.2, 0) is 4.79 Å². The van der Waals surface area contributed by atoms with Crippen molar-refractivity contribution in [3.63, 3.8) is 0 Å². The van der Waals surface area contributed by atoms with Crippen molar-refractivity contribution < 1.29 is 9.72 Å². The van der Waals surface area contributed by atoms with E-state index < -0.39 is 10.5 Å². The summed E-state index contributed by atoms with van der Waals surface area (Å²) in [6, 6.07) is 2.82. The molecule has 9 heteroatoms. The van der Waals surface area contributed by atoms with Crippen LogP contribution in [0.4, 0.5) is 11.4 Å². The molecular formula is C18H23N5O4. The van der Waals surface area contributed by atoms with Gasteiger partial charge in [-0.15, -0.1) is 0 Å². The van der Waals surface area contributed by atoms with Gasteiger partial charge in [-0.1, -0.05) is 13.8 Å². The average molecular weight is 373 g/mol. The first-order chi connectivity index (χ1) is 12.8. The molecule has 9 nitrogen and oxygen atoms in total. The summed E-state index contributed by atoms with van der Waals surface area (Å²) in [5.74, 6) is 0.479. The van der Waals surface area contributed by atoms with E-state index in [1.165, 1.54) is 12.4 Å². The number of nitrogens with zero attached hydrogens (tertiary/aromatic N) is 3. The van der Waals surface area contributed by atoms with E-state index in [0.29, 0.717) is 49.5 Å². The molecule has 1 aliphatic heterocycles. The quantitative estimate of drug-likeness (QED) is 0.612. The van der Waals surface area contributed by atoms with E-state index >= 15 is 0 Å². The standard InChI is InChI=1S/C18H23N5O4/c1-11(2)7-17(24)22-5-3-12(4-6-22)21-15-9-14-13(8-16(15)23(26)27)18(25)20-10-19-14/h8-12,21H,3-7H2,1-2H3,(H,19,20,25). The van der Waals surface area contributed by atoms with E-state index in [4.69, 9.17) is 0 Å². The molecule has 1 aromatic carbocycles. The molecule has 0 saturated carbocycles. The Balaban J connectivity index is 1.75. The highest BCUT2D eigenvalue weighted by Crippen LogP contribution is 2.30. The molecule has 0 atom stereocenters. The zero-order valence-corrected chi connectivity index (χ0v) is 15.4. The van der Waals surface area contributed by atoms with Crippen LogP contribution in [0.15, 0.2) is 23.3 Å². The van der Waals surface area contributed by atoms with Gasteiger partial charge in [0.1, 0.15) is 5.69 Å². The minimum absolute atomic E-state index is 0.0197. The Bertz CT molecular complexity index is 916. The van der Waals surface area contributed by atoms with E-state index in [-0.39, 0.29) is 23.0 Å². The molecule has 27 heavy (non-hydrogen) atoms. The number of nitro groups is 1. The largest absolute Gasteiger partial charge is 0.377 e. The Morgan fingerprint density at radius 3 is 2.74 bits per heavy atom. The highest BCUT2D eigenvalue weighted by molar-refractivity contribution is 5.86. The third-order valence-corrected chi connectivity index (χ3v) is 4.74. The van der Waals surface area contributed by atoms with Crippen molar-refractivity contribution in [2.24, 2.45) is 5.92 Å². The fraction of sp³-hybridized carbons (Fsp3) is 0.500. The van der Waals surface area contributed by atoms with Gasteiger partial charge in [-0.05, 0) is 24.8 Å². The Morgan fingerprint density at radius 1 is 1.41 bits per heavy atom. The molecule has 0 unspecified atom stereocenters. The number of carbonyl (C=O) groups is 1. The maximum absolute atomic E-state index is 12.2. The average Bonchev–Trinajstić information content (AvgIpc) is 2.61. The summed E-state index contributed by atoms with van der Waals surface area (Å²) in [5.41, 5.74) is 0.180. The SMILES string of the molecule is CC(C)CC(=O)N1CCC(Nc2cc3nc[nH]c(=O)c3cc2[N+](=O)[O-])CC1. The molecule has 0 spiro atoms. The number of piperidine rings is 1. The molecule has 3 rings (SSSR count). The van der Waals surface area contributed by atoms with Gasteiger partial charge in [0.15, 0.2) is 0 Å². The molecule has 1 aliphatic rings. The summed E-state index contributed by atoms with van der Waals surface area (Å²) in [6.07, 6.45) is 3.23. The number of benzene rings is 1. The molecule has 0 radical (unpaired) electrons. The van der Waals surface area contributed by atoms with Crippen LogP contribution in [0.2, 0.25) is 0 Å². The molecule has 0 aliphatic carbocycles. The van der Waals surface area contributed by atoms with Crippen molar-refractivity contribution in [1.82, 2.24) is 14.9 Å². The number of likely N-dealkylation sites (tertiary alicyclic amines) is 1. The maximum atomic E-state index is 12.2. The van der Waals surface area contributed by atoms with Gasteiger partial charge < -0.3 is 15.2 Å². The monoisotopic (exact) mass is 373 g/mol. The molecule has 144 valence electrons. The topological polar surface area (TPSA) is 121 Å². The first kappa shape index (κ1) is 18.8. The maximum Gasteiger partial charge on any atom is 0.293 e. The summed E-state index contributed by atoms with van der Waals surface area (Å²) < 4.78 is 0. The molecule has 2 N–H and O–H groups in total. The highest BCUT2D eigenvalue weighted by Gasteiger charge is 2.25. The second-order valence-electron chi connectivity index (χ2n) is 7.27. The smallest absolute Gasteiger partial charge is 0.293 e. The van der Waals surface area contributed by atoms with Gasteiger partial charge in [-0.25, -0.2) is 4.98 Å². The summed E-state index contributed by atoms with van der Waals surface area (Å²) in [5, 5.41) is 14.8. The molecule has 1 saturated heterocycles. The fourth-order valence-corrected chi connectivity index (χ4v) is 3.34. The number of carbonyl (C=O) groups excluding carboxylic acids is 1. The predicted molar refractivity (Wildman–Crippen MR) is 102 cm³/mol. The van der Waals surface area contributed by atoms with Crippen LogP contribution >= 0.6 is 0 Å². The van der Waals surface area contributed by atoms with Crippen LogP contribution in [0, 0.1) is 16.0 Å². The van der Waals surface area contributed by atoms with Gasteiger partial charge in [0, 0.05) is 31.6 Å². The number of hydrogen-bond donors (Lipinski definition) is 2. The van der Waals surface area contributed by atoms with Gasteiger partial charge in [0.2, 0.25) is 5.91 Å². The van der Waals surface area contributed by atoms with Crippen LogP contribution in [0.5, 0.6) is 0 Å². The van der Waals surface area contributed by atoms with Crippen molar-refractivity contribution in [2.75, 3.05) is 18.4 Å². The summed E-state index contributed by atoms with van der Waals surface area (Å²) in [6.45, 7) is 5.29. The number of nitro benzene ring substituents is 1. The second-order valence-corrected chi connectivity index (χ2v) is 7.27. The molecule has 0 bridgehead atoms. The van der Waals surface area contributed by atoms with Gasteiger partial charge in [0.25, 0.3) is 11.2 Å². The van der Waals surface area contributed by atoms with Crippen molar-refractivity contribution >= 4 is 28.2 Å². The van der Waals surface area contributed by atoms with E-state index in [0.717, 1.165) is 0 Å². The number of nitrogens with one attached hydrogen (secondary N) is 2. The third kappa shape index (κ3) is 4.24. The Morgan fingerprint density at radius 2 is 2.11 bits per heavy atom. The lowest BCUT2D eigenvalue weighted by Gasteiger charge is -2.33. The molecule has 1 amide bonds. The zero-order valence-electron chi connectivity index (χ0n) is 15.4. The van der Waals surface area contributed by atoms with E-state index in [1.807, 2.05) is 18.7 Å². The highest BCUT2D eigenvalue weighted by atomic mass is 16.6. The van der Waals surface area contributed by atoms with Gasteiger partial charge >= 0.3 is 0 Å². The lowest BCUT2D eigenvalue weighted by Crippen LogP contribution is -2.42. The van der Waals surface area contributed by atoms with Crippen LogP contribution in [0.25, 0.3) is 10.9 Å². The molecular weight excluding hydrogens is 350 g/mol. The van der Waals surface area contributed by atoms with Crippen LogP contribution in [-0.4, -0.2) is 44.8 Å². The fourth-order valence-electron chi connectivity index (χ4n) is 3.34. The Hall–Kier alpha value is -2.97. The second kappa shape index (κ2) is 7.73. The number of aromatic amines is 1. The number of H-pyrrole nitrogens is 1. The number of rotatable bonds is 5. The van der Waals surface area contributed by atoms with Crippen molar-refractivity contribution in [3.8, 4) is 0 Å². The predicted octanol–water partition coefficient (Wildman–Crippen LogP) is 2.28. The lowest BCUT2D eigenvalue weighted by atomic mass is 10.0. The first-order valence-corrected chi connectivity index (χ1v) is 9.05.